The largest absolute Gasteiger partial charge is 0.353 e. The number of aryl methyl sites for hydroxylation is 3. The van der Waals surface area contributed by atoms with E-state index >= 15 is 0 Å². The third-order valence-corrected chi connectivity index (χ3v) is 5.67. The molecule has 1 aliphatic heterocycles. The molecule has 7 heteroatoms. The maximum Gasteiger partial charge on any atom is 0.276 e. The summed E-state index contributed by atoms with van der Waals surface area (Å²) in [5, 5.41) is 7.48. The first-order valence-electron chi connectivity index (χ1n) is 9.09. The molecule has 0 saturated carbocycles. The minimum atomic E-state index is -0.205. The Morgan fingerprint density at radius 2 is 1.93 bits per heavy atom. The van der Waals surface area contributed by atoms with Gasteiger partial charge in [0.25, 0.3) is 5.91 Å². The number of rotatable bonds is 3. The van der Waals surface area contributed by atoms with Gasteiger partial charge < -0.3 is 10.2 Å². The molecule has 0 unspecified atom stereocenters. The van der Waals surface area contributed by atoms with Crippen molar-refractivity contribution in [3.05, 3.63) is 53.0 Å². The van der Waals surface area contributed by atoms with Crippen molar-refractivity contribution in [3.8, 4) is 0 Å². The van der Waals surface area contributed by atoms with E-state index < -0.39 is 0 Å². The van der Waals surface area contributed by atoms with Crippen molar-refractivity contribution in [3.63, 3.8) is 0 Å². The van der Waals surface area contributed by atoms with Crippen molar-refractivity contribution >= 4 is 34.7 Å². The molecule has 6 nitrogen and oxygen atoms in total. The Balaban J connectivity index is 1.67. The zero-order chi connectivity index (χ0) is 19.0. The van der Waals surface area contributed by atoms with Gasteiger partial charge in [0.05, 0.1) is 11.9 Å². The molecule has 0 atom stereocenters. The van der Waals surface area contributed by atoms with Gasteiger partial charge in [0.2, 0.25) is 0 Å². The van der Waals surface area contributed by atoms with Crippen LogP contribution in [0, 0.1) is 20.8 Å². The predicted octanol–water partition coefficient (Wildman–Crippen LogP) is 3.46. The fraction of sp³-hybridized carbons (Fsp3) is 0.350. The molecule has 0 spiro atoms. The molecule has 3 aromatic rings. The van der Waals surface area contributed by atoms with Gasteiger partial charge in [0.15, 0.2) is 11.5 Å². The number of anilines is 2. The van der Waals surface area contributed by atoms with Crippen molar-refractivity contribution in [1.29, 1.82) is 0 Å². The van der Waals surface area contributed by atoms with Gasteiger partial charge in [0, 0.05) is 36.3 Å². The fourth-order valence-corrected chi connectivity index (χ4v) is 4.25. The molecule has 1 saturated heterocycles. The molecular weight excluding hydrogens is 358 g/mol. The van der Waals surface area contributed by atoms with Crippen LogP contribution in [0.1, 0.15) is 27.3 Å². The number of aromatic nitrogens is 3. The highest BCUT2D eigenvalue weighted by Crippen LogP contribution is 2.24. The average Bonchev–Trinajstić information content (AvgIpc) is 3.08. The fourth-order valence-electron chi connectivity index (χ4n) is 3.35. The molecule has 27 heavy (non-hydrogen) atoms. The first kappa shape index (κ1) is 17.9. The summed E-state index contributed by atoms with van der Waals surface area (Å²) in [6.45, 7) is 7.92. The Morgan fingerprint density at radius 1 is 1.15 bits per heavy atom. The molecule has 1 N–H and O–H groups in total. The van der Waals surface area contributed by atoms with Crippen molar-refractivity contribution in [2.45, 2.75) is 20.8 Å². The monoisotopic (exact) mass is 381 g/mol. The molecule has 0 aliphatic carbocycles. The normalized spacial score (nSPS) is 14.6. The molecule has 4 rings (SSSR count). The molecule has 1 aliphatic rings. The maximum absolute atomic E-state index is 12.8. The summed E-state index contributed by atoms with van der Waals surface area (Å²) < 4.78 is 1.77. The number of carbonyl (C=O) groups is 1. The van der Waals surface area contributed by atoms with E-state index in [-0.39, 0.29) is 5.91 Å². The number of thioether (sulfide) groups is 1. The smallest absolute Gasteiger partial charge is 0.276 e. The van der Waals surface area contributed by atoms with Crippen LogP contribution in [0.4, 0.5) is 11.5 Å². The number of hydrogen-bond donors (Lipinski definition) is 1. The number of benzene rings is 1. The lowest BCUT2D eigenvalue weighted by atomic mass is 10.1. The van der Waals surface area contributed by atoms with E-state index in [0.717, 1.165) is 52.9 Å². The lowest BCUT2D eigenvalue weighted by Crippen LogP contribution is -2.33. The Labute approximate surface area is 163 Å². The molecule has 1 fully saturated rings. The minimum absolute atomic E-state index is 0.205. The maximum atomic E-state index is 12.8. The SMILES string of the molecule is Cc1ccc(NC(=O)c2cc3c(N4CCSCC4)nc(C)cn3n2)c(C)c1. The van der Waals surface area contributed by atoms with E-state index in [2.05, 4.69) is 21.4 Å². The van der Waals surface area contributed by atoms with Crippen molar-refractivity contribution < 1.29 is 4.79 Å². The van der Waals surface area contributed by atoms with Crippen LogP contribution in [0.5, 0.6) is 0 Å². The van der Waals surface area contributed by atoms with Crippen molar-refractivity contribution in [2.75, 3.05) is 34.8 Å². The first-order chi connectivity index (χ1) is 13.0. The third-order valence-electron chi connectivity index (χ3n) is 4.73. The number of amides is 1. The molecule has 0 radical (unpaired) electrons. The topological polar surface area (TPSA) is 62.5 Å². The van der Waals surface area contributed by atoms with Crippen LogP contribution in [0.15, 0.2) is 30.5 Å². The van der Waals surface area contributed by atoms with E-state index in [0.29, 0.717) is 5.69 Å². The molecule has 1 aromatic carbocycles. The van der Waals surface area contributed by atoms with E-state index in [9.17, 15) is 4.79 Å². The van der Waals surface area contributed by atoms with Crippen LogP contribution in [0.25, 0.3) is 5.52 Å². The van der Waals surface area contributed by atoms with Gasteiger partial charge in [0.1, 0.15) is 5.52 Å². The summed E-state index contributed by atoms with van der Waals surface area (Å²) in [5.41, 5.74) is 5.18. The van der Waals surface area contributed by atoms with E-state index in [1.165, 1.54) is 5.56 Å². The Kier molecular flexibility index (Phi) is 4.78. The van der Waals surface area contributed by atoms with Crippen LogP contribution >= 0.6 is 11.8 Å². The van der Waals surface area contributed by atoms with Crippen LogP contribution < -0.4 is 10.2 Å². The van der Waals surface area contributed by atoms with Gasteiger partial charge in [-0.1, -0.05) is 17.7 Å². The number of carbonyl (C=O) groups excluding carboxylic acids is 1. The van der Waals surface area contributed by atoms with Crippen molar-refractivity contribution in [2.24, 2.45) is 0 Å². The lowest BCUT2D eigenvalue weighted by Gasteiger charge is -2.28. The van der Waals surface area contributed by atoms with E-state index in [4.69, 9.17) is 4.98 Å². The van der Waals surface area contributed by atoms with Gasteiger partial charge in [-0.05, 0) is 32.4 Å². The minimum Gasteiger partial charge on any atom is -0.353 e. The molecule has 2 aromatic heterocycles. The number of hydrogen-bond acceptors (Lipinski definition) is 5. The summed E-state index contributed by atoms with van der Waals surface area (Å²) >= 11 is 1.96. The second kappa shape index (κ2) is 7.23. The van der Waals surface area contributed by atoms with E-state index in [1.54, 1.807) is 4.52 Å². The van der Waals surface area contributed by atoms with E-state index in [1.807, 2.05) is 56.9 Å². The molecule has 3 heterocycles. The summed E-state index contributed by atoms with van der Waals surface area (Å²) in [7, 11) is 0. The number of nitrogens with one attached hydrogen (secondary N) is 1. The first-order valence-corrected chi connectivity index (χ1v) is 10.2. The van der Waals surface area contributed by atoms with Crippen molar-refractivity contribution in [1.82, 2.24) is 14.6 Å². The highest BCUT2D eigenvalue weighted by Gasteiger charge is 2.20. The summed E-state index contributed by atoms with van der Waals surface area (Å²) in [6.07, 6.45) is 1.87. The average molecular weight is 382 g/mol. The highest BCUT2D eigenvalue weighted by atomic mass is 32.2. The molecule has 1 amide bonds. The molecular formula is C20H23N5OS. The van der Waals surface area contributed by atoms with Crippen LogP contribution in [0.3, 0.4) is 0 Å². The summed E-state index contributed by atoms with van der Waals surface area (Å²) in [4.78, 5) is 19.8. The Hall–Kier alpha value is -2.54. The highest BCUT2D eigenvalue weighted by molar-refractivity contribution is 7.99. The second-order valence-corrected chi connectivity index (χ2v) is 8.16. The number of nitrogens with zero attached hydrogens (tertiary/aromatic N) is 4. The zero-order valence-corrected chi connectivity index (χ0v) is 16.6. The van der Waals surface area contributed by atoms with Gasteiger partial charge in [-0.3, -0.25) is 4.79 Å². The van der Waals surface area contributed by atoms with Crippen LogP contribution in [-0.4, -0.2) is 45.1 Å². The summed E-state index contributed by atoms with van der Waals surface area (Å²) in [6, 6.07) is 7.81. The Morgan fingerprint density at radius 3 is 2.67 bits per heavy atom. The Bertz CT molecular complexity index is 1010. The van der Waals surface area contributed by atoms with Gasteiger partial charge in [-0.2, -0.15) is 16.9 Å². The van der Waals surface area contributed by atoms with Crippen LogP contribution in [0.2, 0.25) is 0 Å². The lowest BCUT2D eigenvalue weighted by molar-refractivity contribution is 0.102. The van der Waals surface area contributed by atoms with Gasteiger partial charge in [-0.25, -0.2) is 9.50 Å². The standard InChI is InChI=1S/C20H23N5OS/c1-13-4-5-16(14(2)10-13)22-20(26)17-11-18-19(24-6-8-27-9-7-24)21-15(3)12-25(18)23-17/h4-5,10-12H,6-9H2,1-3H3,(H,22,26). The third kappa shape index (κ3) is 3.64. The van der Waals surface area contributed by atoms with Gasteiger partial charge in [-0.15, -0.1) is 0 Å². The quantitative estimate of drug-likeness (QED) is 0.753. The van der Waals surface area contributed by atoms with Crippen LogP contribution in [-0.2, 0) is 0 Å². The second-order valence-electron chi connectivity index (χ2n) is 6.94. The summed E-state index contributed by atoms with van der Waals surface area (Å²) in [5.74, 6) is 2.89. The molecule has 140 valence electrons. The number of fused-ring (bicyclic) bond motifs is 1. The predicted molar refractivity (Wildman–Crippen MR) is 111 cm³/mol. The van der Waals surface area contributed by atoms with Gasteiger partial charge >= 0.3 is 0 Å². The molecule has 0 bridgehead atoms. The zero-order valence-electron chi connectivity index (χ0n) is 15.8.